The lowest BCUT2D eigenvalue weighted by Crippen LogP contribution is -2.49. The molecule has 0 unspecified atom stereocenters. The van der Waals surface area contributed by atoms with Crippen molar-refractivity contribution < 1.29 is 13.6 Å². The summed E-state index contributed by atoms with van der Waals surface area (Å²) in [5.74, 6) is -0.989. The van der Waals surface area contributed by atoms with E-state index in [2.05, 4.69) is 34.3 Å². The quantitative estimate of drug-likeness (QED) is 0.374. The smallest absolute Gasteiger partial charge is 0.272 e. The summed E-state index contributed by atoms with van der Waals surface area (Å²) >= 11 is 0. The van der Waals surface area contributed by atoms with Crippen LogP contribution in [-0.4, -0.2) is 58.2 Å². The van der Waals surface area contributed by atoms with Gasteiger partial charge in [-0.2, -0.15) is 5.10 Å². The Morgan fingerprint density at radius 2 is 1.56 bits per heavy atom. The van der Waals surface area contributed by atoms with Crippen LogP contribution in [0.1, 0.15) is 16.1 Å². The van der Waals surface area contributed by atoms with Gasteiger partial charge in [-0.05, 0) is 48.0 Å². The van der Waals surface area contributed by atoms with Crippen LogP contribution in [0.5, 0.6) is 0 Å². The Hall–Kier alpha value is -4.10. The summed E-state index contributed by atoms with van der Waals surface area (Å²) in [4.78, 5) is 17.6. The van der Waals surface area contributed by atoms with Crippen LogP contribution in [0.4, 0.5) is 8.78 Å². The van der Waals surface area contributed by atoms with E-state index in [0.717, 1.165) is 25.2 Å². The lowest BCUT2D eigenvalue weighted by atomic mass is 10.1. The van der Waals surface area contributed by atoms with Crippen molar-refractivity contribution in [2.45, 2.75) is 0 Å². The molecular weight excluding hydrogens is 458 g/mol. The van der Waals surface area contributed by atoms with Gasteiger partial charge in [-0.3, -0.25) is 9.69 Å². The molecule has 1 amide bonds. The van der Waals surface area contributed by atoms with Gasteiger partial charge in [0.1, 0.15) is 17.3 Å². The zero-order valence-corrected chi connectivity index (χ0v) is 19.7. The second-order valence-corrected chi connectivity index (χ2v) is 8.69. The topological polar surface area (TPSA) is 41.4 Å². The van der Waals surface area contributed by atoms with Gasteiger partial charge in [0, 0.05) is 38.3 Å². The van der Waals surface area contributed by atoms with Crippen molar-refractivity contribution in [3.05, 3.63) is 114 Å². The molecular formula is C29H26F2N4O. The molecule has 2 heterocycles. The van der Waals surface area contributed by atoms with E-state index in [1.165, 1.54) is 22.9 Å². The number of piperazine rings is 1. The highest BCUT2D eigenvalue weighted by Gasteiger charge is 2.26. The van der Waals surface area contributed by atoms with Crippen molar-refractivity contribution in [1.82, 2.24) is 19.6 Å². The van der Waals surface area contributed by atoms with E-state index in [9.17, 15) is 13.6 Å². The molecule has 3 aromatic carbocycles. The average molecular weight is 485 g/mol. The highest BCUT2D eigenvalue weighted by atomic mass is 19.1. The maximum atomic E-state index is 14.5. The molecule has 0 bridgehead atoms. The van der Waals surface area contributed by atoms with Gasteiger partial charge in [0.05, 0.1) is 11.4 Å². The molecule has 0 spiro atoms. The standard InChI is InChI=1S/C29H26F2N4O/c30-23-12-14-24(15-13-23)35-28(21-27(32-35)25-10-4-5-11-26(25)31)29(36)34-19-17-33(18-20-34)16-6-9-22-7-2-1-3-8-22/h1-15,21H,16-20H2. The first-order valence-electron chi connectivity index (χ1n) is 11.9. The summed E-state index contributed by atoms with van der Waals surface area (Å²) in [5, 5.41) is 4.53. The van der Waals surface area contributed by atoms with Crippen LogP contribution in [0.3, 0.4) is 0 Å². The monoisotopic (exact) mass is 484 g/mol. The third-order valence-corrected chi connectivity index (χ3v) is 6.28. The maximum absolute atomic E-state index is 14.5. The van der Waals surface area contributed by atoms with Crippen molar-refractivity contribution in [2.75, 3.05) is 32.7 Å². The Labute approximate surface area is 208 Å². The van der Waals surface area contributed by atoms with Crippen molar-refractivity contribution in [1.29, 1.82) is 0 Å². The Bertz CT molecular complexity index is 1360. The summed E-state index contributed by atoms with van der Waals surface area (Å²) in [5.41, 5.74) is 2.67. The number of nitrogens with zero attached hydrogens (tertiary/aromatic N) is 4. The van der Waals surface area contributed by atoms with Crippen molar-refractivity contribution in [3.63, 3.8) is 0 Å². The van der Waals surface area contributed by atoms with Crippen LogP contribution in [0, 0.1) is 11.6 Å². The molecule has 5 rings (SSSR count). The Kier molecular flexibility index (Phi) is 7.00. The minimum Gasteiger partial charge on any atom is -0.335 e. The van der Waals surface area contributed by atoms with Crippen LogP contribution < -0.4 is 0 Å². The third-order valence-electron chi connectivity index (χ3n) is 6.28. The van der Waals surface area contributed by atoms with Crippen LogP contribution in [0.2, 0.25) is 0 Å². The normalized spacial score (nSPS) is 14.4. The van der Waals surface area contributed by atoms with Gasteiger partial charge in [-0.15, -0.1) is 0 Å². The number of benzene rings is 3. The molecule has 0 atom stereocenters. The maximum Gasteiger partial charge on any atom is 0.272 e. The third kappa shape index (κ3) is 5.26. The van der Waals surface area contributed by atoms with E-state index in [1.54, 1.807) is 41.3 Å². The Morgan fingerprint density at radius 1 is 0.861 bits per heavy atom. The van der Waals surface area contributed by atoms with Crippen molar-refractivity contribution in [3.8, 4) is 16.9 Å². The molecule has 0 saturated carbocycles. The summed E-state index contributed by atoms with van der Waals surface area (Å²) in [6.45, 7) is 3.44. The molecule has 36 heavy (non-hydrogen) atoms. The summed E-state index contributed by atoms with van der Waals surface area (Å²) in [7, 11) is 0. The molecule has 1 aliphatic rings. The molecule has 1 aromatic heterocycles. The number of hydrogen-bond donors (Lipinski definition) is 0. The van der Waals surface area contributed by atoms with Crippen LogP contribution in [0.15, 0.2) is 91.0 Å². The zero-order chi connectivity index (χ0) is 24.9. The molecule has 1 saturated heterocycles. The number of carbonyl (C=O) groups is 1. The van der Waals surface area contributed by atoms with E-state index >= 15 is 0 Å². The van der Waals surface area contributed by atoms with Crippen LogP contribution in [-0.2, 0) is 0 Å². The second kappa shape index (κ2) is 10.7. The number of rotatable bonds is 6. The van der Waals surface area contributed by atoms with Gasteiger partial charge in [0.25, 0.3) is 5.91 Å². The fraction of sp³-hybridized carbons (Fsp3) is 0.172. The highest BCUT2D eigenvalue weighted by molar-refractivity contribution is 5.94. The van der Waals surface area contributed by atoms with Gasteiger partial charge in [-0.1, -0.05) is 54.6 Å². The molecule has 5 nitrogen and oxygen atoms in total. The molecule has 0 aliphatic carbocycles. The number of carbonyl (C=O) groups excluding carboxylic acids is 1. The van der Waals surface area contributed by atoms with Gasteiger partial charge < -0.3 is 4.90 Å². The minimum atomic E-state index is -0.419. The molecule has 0 N–H and O–H groups in total. The van der Waals surface area contributed by atoms with E-state index in [1.807, 2.05) is 18.2 Å². The van der Waals surface area contributed by atoms with Crippen LogP contribution >= 0.6 is 0 Å². The van der Waals surface area contributed by atoms with Gasteiger partial charge in [0.2, 0.25) is 0 Å². The number of halogens is 2. The lowest BCUT2D eigenvalue weighted by Gasteiger charge is -2.34. The largest absolute Gasteiger partial charge is 0.335 e. The highest BCUT2D eigenvalue weighted by Crippen LogP contribution is 2.25. The number of aromatic nitrogens is 2. The molecule has 1 aliphatic heterocycles. The number of amides is 1. The van der Waals surface area contributed by atoms with E-state index in [0.29, 0.717) is 35.7 Å². The molecule has 0 radical (unpaired) electrons. The van der Waals surface area contributed by atoms with Gasteiger partial charge in [0.15, 0.2) is 0 Å². The number of hydrogen-bond acceptors (Lipinski definition) is 3. The average Bonchev–Trinajstić information content (AvgIpc) is 3.35. The van der Waals surface area contributed by atoms with E-state index in [-0.39, 0.29) is 11.7 Å². The molecule has 1 fully saturated rings. The minimum absolute atomic E-state index is 0.186. The van der Waals surface area contributed by atoms with Crippen molar-refractivity contribution >= 4 is 12.0 Å². The van der Waals surface area contributed by atoms with Crippen molar-refractivity contribution in [2.24, 2.45) is 0 Å². The molecule has 4 aromatic rings. The second-order valence-electron chi connectivity index (χ2n) is 8.69. The predicted octanol–water partition coefficient (Wildman–Crippen LogP) is 5.29. The first-order chi connectivity index (χ1) is 17.6. The SMILES string of the molecule is O=C(c1cc(-c2ccccc2F)nn1-c1ccc(F)cc1)N1CCN(CC=Cc2ccccc2)CC1. The summed E-state index contributed by atoms with van der Waals surface area (Å²) in [6.07, 6.45) is 4.24. The van der Waals surface area contributed by atoms with Gasteiger partial charge >= 0.3 is 0 Å². The van der Waals surface area contributed by atoms with E-state index < -0.39 is 5.82 Å². The summed E-state index contributed by atoms with van der Waals surface area (Å²) < 4.78 is 29.5. The summed E-state index contributed by atoms with van der Waals surface area (Å²) in [6, 6.07) is 23.8. The van der Waals surface area contributed by atoms with Crippen LogP contribution in [0.25, 0.3) is 23.0 Å². The Balaban J connectivity index is 1.33. The predicted molar refractivity (Wildman–Crippen MR) is 137 cm³/mol. The van der Waals surface area contributed by atoms with E-state index in [4.69, 9.17) is 0 Å². The molecule has 7 heteroatoms. The molecule has 182 valence electrons. The van der Waals surface area contributed by atoms with Gasteiger partial charge in [-0.25, -0.2) is 13.5 Å². The lowest BCUT2D eigenvalue weighted by molar-refractivity contribution is 0.0641. The fourth-order valence-corrected chi connectivity index (χ4v) is 4.31. The zero-order valence-electron chi connectivity index (χ0n) is 19.7. The first kappa shape index (κ1) is 23.6. The first-order valence-corrected chi connectivity index (χ1v) is 11.9. The Morgan fingerprint density at radius 3 is 2.28 bits per heavy atom. The fourth-order valence-electron chi connectivity index (χ4n) is 4.31.